The summed E-state index contributed by atoms with van der Waals surface area (Å²) in [6, 6.07) is 3.01. The Kier molecular flexibility index (Phi) is 3.01. The molecule has 0 amide bonds. The van der Waals surface area contributed by atoms with Crippen LogP contribution in [0, 0.1) is 0 Å². The quantitative estimate of drug-likeness (QED) is 0.582. The molecule has 1 heterocycles. The maximum atomic E-state index is 11.1. The number of hydrogen-bond acceptors (Lipinski definition) is 3. The van der Waals surface area contributed by atoms with Gasteiger partial charge < -0.3 is 15.8 Å². The standard InChI is InChI=1S/C8H12N2O2/c9-7(3-5-11)6-2-1-4-10-8(6)12/h1-2,4,7,11H,3,5,9H2,(H,10,12). The minimum atomic E-state index is -0.375. The highest BCUT2D eigenvalue weighted by atomic mass is 16.3. The van der Waals surface area contributed by atoms with Gasteiger partial charge in [-0.05, 0) is 12.5 Å². The number of aliphatic hydroxyl groups excluding tert-OH is 1. The number of aromatic nitrogens is 1. The Morgan fingerprint density at radius 1 is 1.67 bits per heavy atom. The van der Waals surface area contributed by atoms with E-state index in [0.717, 1.165) is 0 Å². The molecule has 1 unspecified atom stereocenters. The van der Waals surface area contributed by atoms with Gasteiger partial charge in [-0.15, -0.1) is 0 Å². The maximum absolute atomic E-state index is 11.1. The molecule has 4 heteroatoms. The number of hydrogen-bond donors (Lipinski definition) is 3. The van der Waals surface area contributed by atoms with Crippen molar-refractivity contribution in [3.8, 4) is 0 Å². The highest BCUT2D eigenvalue weighted by Crippen LogP contribution is 2.06. The van der Waals surface area contributed by atoms with Crippen LogP contribution < -0.4 is 11.3 Å². The van der Waals surface area contributed by atoms with Crippen LogP contribution in [-0.4, -0.2) is 16.7 Å². The van der Waals surface area contributed by atoms with Gasteiger partial charge in [-0.2, -0.15) is 0 Å². The molecule has 0 saturated carbocycles. The lowest BCUT2D eigenvalue weighted by atomic mass is 10.1. The van der Waals surface area contributed by atoms with Crippen molar-refractivity contribution in [2.45, 2.75) is 12.5 Å². The molecule has 0 bridgehead atoms. The van der Waals surface area contributed by atoms with Crippen LogP contribution >= 0.6 is 0 Å². The predicted molar refractivity (Wildman–Crippen MR) is 45.7 cm³/mol. The molecule has 0 spiro atoms. The Labute approximate surface area is 70.0 Å². The minimum absolute atomic E-state index is 0.00446. The third-order valence-corrected chi connectivity index (χ3v) is 1.69. The van der Waals surface area contributed by atoms with E-state index >= 15 is 0 Å². The van der Waals surface area contributed by atoms with Gasteiger partial charge >= 0.3 is 0 Å². The molecule has 1 aromatic rings. The van der Waals surface area contributed by atoms with Crippen LogP contribution in [0.1, 0.15) is 18.0 Å². The molecule has 0 radical (unpaired) electrons. The van der Waals surface area contributed by atoms with Crippen LogP contribution in [0.25, 0.3) is 0 Å². The van der Waals surface area contributed by atoms with Crippen molar-refractivity contribution in [3.05, 3.63) is 34.2 Å². The van der Waals surface area contributed by atoms with Crippen LogP contribution in [0.15, 0.2) is 23.1 Å². The molecule has 0 fully saturated rings. The predicted octanol–water partition coefficient (Wildman–Crippen LogP) is -0.243. The number of H-pyrrole nitrogens is 1. The van der Waals surface area contributed by atoms with Gasteiger partial charge in [0.25, 0.3) is 5.56 Å². The molecule has 12 heavy (non-hydrogen) atoms. The zero-order chi connectivity index (χ0) is 8.97. The minimum Gasteiger partial charge on any atom is -0.396 e. The Balaban J connectivity index is 2.87. The number of nitrogens with one attached hydrogen (secondary N) is 1. The molecule has 0 aliphatic carbocycles. The van der Waals surface area contributed by atoms with Crippen molar-refractivity contribution in [3.63, 3.8) is 0 Å². The largest absolute Gasteiger partial charge is 0.396 e. The second-order valence-electron chi connectivity index (χ2n) is 2.57. The fraction of sp³-hybridized carbons (Fsp3) is 0.375. The highest BCUT2D eigenvalue weighted by Gasteiger charge is 2.07. The number of pyridine rings is 1. The lowest BCUT2D eigenvalue weighted by molar-refractivity contribution is 0.276. The topological polar surface area (TPSA) is 79.1 Å². The van der Waals surface area contributed by atoms with E-state index in [1.54, 1.807) is 18.3 Å². The lowest BCUT2D eigenvalue weighted by Gasteiger charge is -2.07. The van der Waals surface area contributed by atoms with Crippen LogP contribution in [0.3, 0.4) is 0 Å². The first-order valence-corrected chi connectivity index (χ1v) is 3.79. The van der Waals surface area contributed by atoms with E-state index in [2.05, 4.69) is 4.98 Å². The third kappa shape index (κ3) is 1.93. The van der Waals surface area contributed by atoms with Crippen molar-refractivity contribution < 1.29 is 5.11 Å². The smallest absolute Gasteiger partial charge is 0.252 e. The van der Waals surface area contributed by atoms with E-state index in [9.17, 15) is 4.79 Å². The highest BCUT2D eigenvalue weighted by molar-refractivity contribution is 5.13. The zero-order valence-electron chi connectivity index (χ0n) is 6.66. The summed E-state index contributed by atoms with van der Waals surface area (Å²) in [5.74, 6) is 0. The Morgan fingerprint density at radius 3 is 3.00 bits per heavy atom. The average molecular weight is 168 g/mol. The van der Waals surface area contributed by atoms with Gasteiger partial charge in [0.05, 0.1) is 0 Å². The lowest BCUT2D eigenvalue weighted by Crippen LogP contribution is -2.21. The average Bonchev–Trinajstić information content (AvgIpc) is 2.05. The molecular formula is C8H12N2O2. The molecule has 66 valence electrons. The Morgan fingerprint density at radius 2 is 2.42 bits per heavy atom. The molecule has 0 saturated heterocycles. The summed E-state index contributed by atoms with van der Waals surface area (Å²) in [5, 5.41) is 8.60. The summed E-state index contributed by atoms with van der Waals surface area (Å²) >= 11 is 0. The van der Waals surface area contributed by atoms with E-state index < -0.39 is 0 Å². The van der Waals surface area contributed by atoms with Gasteiger partial charge in [0.2, 0.25) is 0 Å². The molecule has 4 N–H and O–H groups in total. The monoisotopic (exact) mass is 168 g/mol. The summed E-state index contributed by atoms with van der Waals surface area (Å²) < 4.78 is 0. The SMILES string of the molecule is NC(CCO)c1ccc[nH]c1=O. The third-order valence-electron chi connectivity index (χ3n) is 1.69. The number of aromatic amines is 1. The molecule has 0 aliphatic rings. The second-order valence-corrected chi connectivity index (χ2v) is 2.57. The maximum Gasteiger partial charge on any atom is 0.252 e. The first-order valence-electron chi connectivity index (χ1n) is 3.79. The summed E-state index contributed by atoms with van der Waals surface area (Å²) in [7, 11) is 0. The first kappa shape index (κ1) is 8.96. The van der Waals surface area contributed by atoms with E-state index in [0.29, 0.717) is 12.0 Å². The number of nitrogens with two attached hydrogens (primary N) is 1. The molecule has 1 rings (SSSR count). The Hall–Kier alpha value is -1.13. The van der Waals surface area contributed by atoms with Gasteiger partial charge in [-0.3, -0.25) is 4.79 Å². The van der Waals surface area contributed by atoms with Crippen molar-refractivity contribution >= 4 is 0 Å². The summed E-state index contributed by atoms with van der Waals surface area (Å²) in [4.78, 5) is 13.6. The molecular weight excluding hydrogens is 156 g/mol. The number of aliphatic hydroxyl groups is 1. The molecule has 1 aromatic heterocycles. The fourth-order valence-corrected chi connectivity index (χ4v) is 1.02. The van der Waals surface area contributed by atoms with Crippen LogP contribution in [0.4, 0.5) is 0 Å². The number of rotatable bonds is 3. The molecule has 0 aliphatic heterocycles. The summed E-state index contributed by atoms with van der Waals surface area (Å²) in [5.41, 5.74) is 5.96. The first-order chi connectivity index (χ1) is 5.75. The fourth-order valence-electron chi connectivity index (χ4n) is 1.02. The van der Waals surface area contributed by atoms with E-state index in [1.807, 2.05) is 0 Å². The summed E-state index contributed by atoms with van der Waals surface area (Å²) in [6.07, 6.45) is 1.96. The van der Waals surface area contributed by atoms with Crippen molar-refractivity contribution in [1.82, 2.24) is 4.98 Å². The van der Waals surface area contributed by atoms with Crippen molar-refractivity contribution in [2.75, 3.05) is 6.61 Å². The Bertz CT molecular complexity index is 295. The molecule has 4 nitrogen and oxygen atoms in total. The zero-order valence-corrected chi connectivity index (χ0v) is 6.66. The van der Waals surface area contributed by atoms with Gasteiger partial charge in [-0.25, -0.2) is 0 Å². The second kappa shape index (κ2) is 4.04. The molecule has 1 atom stereocenters. The van der Waals surface area contributed by atoms with Crippen LogP contribution in [0.2, 0.25) is 0 Å². The van der Waals surface area contributed by atoms with E-state index in [4.69, 9.17) is 10.8 Å². The van der Waals surface area contributed by atoms with Crippen molar-refractivity contribution in [1.29, 1.82) is 0 Å². The van der Waals surface area contributed by atoms with Gasteiger partial charge in [0, 0.05) is 24.4 Å². The van der Waals surface area contributed by atoms with Gasteiger partial charge in [-0.1, -0.05) is 6.07 Å². The van der Waals surface area contributed by atoms with Crippen molar-refractivity contribution in [2.24, 2.45) is 5.73 Å². The van der Waals surface area contributed by atoms with Gasteiger partial charge in [0.1, 0.15) is 0 Å². The van der Waals surface area contributed by atoms with Gasteiger partial charge in [0.15, 0.2) is 0 Å². The van der Waals surface area contributed by atoms with Crippen LogP contribution in [0.5, 0.6) is 0 Å². The van der Waals surface area contributed by atoms with Crippen LogP contribution in [-0.2, 0) is 0 Å². The summed E-state index contributed by atoms with van der Waals surface area (Å²) in [6.45, 7) is -0.00446. The molecule has 0 aromatic carbocycles. The van der Waals surface area contributed by atoms with E-state index in [-0.39, 0.29) is 18.2 Å². The normalized spacial score (nSPS) is 12.8. The van der Waals surface area contributed by atoms with E-state index in [1.165, 1.54) is 0 Å².